The summed E-state index contributed by atoms with van der Waals surface area (Å²) >= 11 is 5.97. The summed E-state index contributed by atoms with van der Waals surface area (Å²) in [6, 6.07) is -0.205. The van der Waals surface area contributed by atoms with Gasteiger partial charge >= 0.3 is 6.09 Å². The Hall–Kier alpha value is -1.82. The molecule has 1 atom stereocenters. The van der Waals surface area contributed by atoms with Crippen LogP contribution in [0.3, 0.4) is 0 Å². The Morgan fingerprint density at radius 2 is 2.33 bits per heavy atom. The number of rotatable bonds is 1. The molecule has 6 nitrogen and oxygen atoms in total. The smallest absolute Gasteiger partial charge is 0.407 e. The Morgan fingerprint density at radius 3 is 3.11 bits per heavy atom. The van der Waals surface area contributed by atoms with E-state index in [0.29, 0.717) is 23.0 Å². The first-order valence-corrected chi connectivity index (χ1v) is 6.03. The zero-order chi connectivity index (χ0) is 12.7. The van der Waals surface area contributed by atoms with Crippen LogP contribution in [0, 0.1) is 0 Å². The molecule has 1 saturated heterocycles. The van der Waals surface area contributed by atoms with E-state index in [1.807, 2.05) is 0 Å². The topological polar surface area (TPSA) is 70.7 Å². The largest absolute Gasteiger partial charge is 0.465 e. The molecule has 0 saturated carbocycles. The molecule has 0 aliphatic carbocycles. The molecule has 94 valence electrons. The molecule has 18 heavy (non-hydrogen) atoms. The molecule has 1 amide bonds. The first-order valence-electron chi connectivity index (χ1n) is 5.65. The Bertz CT molecular complexity index is 612. The number of fused-ring (bicyclic) bond motifs is 1. The lowest BCUT2D eigenvalue weighted by Crippen LogP contribution is -2.29. The van der Waals surface area contributed by atoms with Gasteiger partial charge in [0.2, 0.25) is 0 Å². The van der Waals surface area contributed by atoms with Crippen LogP contribution in [-0.2, 0) is 0 Å². The molecule has 0 spiro atoms. The molecule has 1 fully saturated rings. The van der Waals surface area contributed by atoms with E-state index in [1.54, 1.807) is 23.0 Å². The van der Waals surface area contributed by atoms with Gasteiger partial charge in [-0.05, 0) is 12.8 Å². The predicted molar refractivity (Wildman–Crippen MR) is 64.7 cm³/mol. The zero-order valence-electron chi connectivity index (χ0n) is 9.45. The van der Waals surface area contributed by atoms with Gasteiger partial charge < -0.3 is 5.11 Å². The third-order valence-corrected chi connectivity index (χ3v) is 3.53. The summed E-state index contributed by atoms with van der Waals surface area (Å²) in [5.41, 5.74) is 0.700. The van der Waals surface area contributed by atoms with E-state index in [2.05, 4.69) is 9.97 Å². The highest BCUT2D eigenvalue weighted by molar-refractivity contribution is 6.32. The van der Waals surface area contributed by atoms with Crippen molar-refractivity contribution in [1.82, 2.24) is 19.3 Å². The van der Waals surface area contributed by atoms with Gasteiger partial charge in [0.15, 0.2) is 5.15 Å². The van der Waals surface area contributed by atoms with Gasteiger partial charge in [-0.3, -0.25) is 9.30 Å². The van der Waals surface area contributed by atoms with Crippen LogP contribution < -0.4 is 0 Å². The van der Waals surface area contributed by atoms with Crippen molar-refractivity contribution < 1.29 is 9.90 Å². The van der Waals surface area contributed by atoms with Gasteiger partial charge in [0.1, 0.15) is 11.3 Å². The highest BCUT2D eigenvalue weighted by Gasteiger charge is 2.32. The van der Waals surface area contributed by atoms with Gasteiger partial charge in [-0.15, -0.1) is 0 Å². The van der Waals surface area contributed by atoms with Crippen LogP contribution in [0.5, 0.6) is 0 Å². The maximum absolute atomic E-state index is 11.2. The first-order chi connectivity index (χ1) is 8.68. The molecular weight excluding hydrogens is 256 g/mol. The molecule has 0 bridgehead atoms. The van der Waals surface area contributed by atoms with Crippen molar-refractivity contribution in [1.29, 1.82) is 0 Å². The van der Waals surface area contributed by atoms with E-state index in [1.165, 1.54) is 4.90 Å². The highest BCUT2D eigenvalue weighted by atomic mass is 35.5. The fraction of sp³-hybridized carbons (Fsp3) is 0.364. The number of imidazole rings is 1. The molecule has 1 aliphatic heterocycles. The van der Waals surface area contributed by atoms with E-state index in [-0.39, 0.29) is 6.04 Å². The fourth-order valence-electron chi connectivity index (χ4n) is 2.43. The standard InChI is InChI=1S/C11H11ClN4O2/c12-9-8-6-14-10(15(8)5-3-13-9)7-2-1-4-16(7)11(17)18/h3,5-7H,1-2,4H2,(H,17,18). The second-order valence-corrected chi connectivity index (χ2v) is 4.58. The van der Waals surface area contributed by atoms with E-state index in [0.717, 1.165) is 12.8 Å². The van der Waals surface area contributed by atoms with Gasteiger partial charge in [0.05, 0.1) is 12.2 Å². The number of hydrogen-bond acceptors (Lipinski definition) is 3. The molecule has 2 aromatic heterocycles. The van der Waals surface area contributed by atoms with Crippen LogP contribution in [0.1, 0.15) is 24.7 Å². The highest BCUT2D eigenvalue weighted by Crippen LogP contribution is 2.32. The number of amides is 1. The summed E-state index contributed by atoms with van der Waals surface area (Å²) in [7, 11) is 0. The van der Waals surface area contributed by atoms with Gasteiger partial charge in [0.25, 0.3) is 0 Å². The number of carboxylic acid groups (broad SMARTS) is 1. The summed E-state index contributed by atoms with van der Waals surface area (Å²) in [5, 5.41) is 9.53. The third-order valence-electron chi connectivity index (χ3n) is 3.24. The van der Waals surface area contributed by atoms with Crippen LogP contribution in [0.4, 0.5) is 4.79 Å². The van der Waals surface area contributed by atoms with Crippen molar-refractivity contribution in [3.05, 3.63) is 29.6 Å². The SMILES string of the molecule is O=C(O)N1CCCC1c1ncc2c(Cl)nccn12. The van der Waals surface area contributed by atoms with Gasteiger partial charge in [0, 0.05) is 18.9 Å². The molecule has 7 heteroatoms. The average molecular weight is 267 g/mol. The number of aromatic nitrogens is 3. The second-order valence-electron chi connectivity index (χ2n) is 4.22. The molecule has 1 aliphatic rings. The number of hydrogen-bond donors (Lipinski definition) is 1. The van der Waals surface area contributed by atoms with Crippen molar-refractivity contribution in [2.45, 2.75) is 18.9 Å². The monoisotopic (exact) mass is 266 g/mol. The molecule has 0 radical (unpaired) electrons. The maximum Gasteiger partial charge on any atom is 0.407 e. The third kappa shape index (κ3) is 1.60. The normalized spacial score (nSPS) is 19.6. The van der Waals surface area contributed by atoms with Crippen molar-refractivity contribution >= 4 is 23.2 Å². The van der Waals surface area contributed by atoms with Crippen LogP contribution in [0.2, 0.25) is 5.15 Å². The van der Waals surface area contributed by atoms with Crippen LogP contribution in [0.15, 0.2) is 18.6 Å². The van der Waals surface area contributed by atoms with Gasteiger partial charge in [-0.2, -0.15) is 0 Å². The molecule has 3 heterocycles. The lowest BCUT2D eigenvalue weighted by molar-refractivity contribution is 0.138. The van der Waals surface area contributed by atoms with Crippen LogP contribution >= 0.6 is 11.6 Å². The predicted octanol–water partition coefficient (Wildman–Crippen LogP) is 2.20. The molecular formula is C11H11ClN4O2. The summed E-state index contributed by atoms with van der Waals surface area (Å²) in [6.45, 7) is 0.549. The fourth-order valence-corrected chi connectivity index (χ4v) is 2.62. The van der Waals surface area contributed by atoms with E-state index < -0.39 is 6.09 Å². The Kier molecular flexibility index (Phi) is 2.59. The minimum Gasteiger partial charge on any atom is -0.465 e. The van der Waals surface area contributed by atoms with Crippen molar-refractivity contribution in [2.75, 3.05) is 6.54 Å². The molecule has 3 rings (SSSR count). The molecule has 1 N–H and O–H groups in total. The van der Waals surface area contributed by atoms with E-state index in [4.69, 9.17) is 16.7 Å². The van der Waals surface area contributed by atoms with Crippen molar-refractivity contribution in [3.8, 4) is 0 Å². The maximum atomic E-state index is 11.2. The summed E-state index contributed by atoms with van der Waals surface area (Å²) in [6.07, 6.45) is 5.69. The summed E-state index contributed by atoms with van der Waals surface area (Å²) in [4.78, 5) is 20.9. The molecule has 2 aromatic rings. The average Bonchev–Trinajstić information content (AvgIpc) is 2.94. The Morgan fingerprint density at radius 1 is 1.50 bits per heavy atom. The Balaban J connectivity index is 2.09. The van der Waals surface area contributed by atoms with Crippen molar-refractivity contribution in [2.24, 2.45) is 0 Å². The van der Waals surface area contributed by atoms with Gasteiger partial charge in [-0.25, -0.2) is 14.8 Å². The quantitative estimate of drug-likeness (QED) is 0.859. The number of halogens is 1. The number of carbonyl (C=O) groups is 1. The number of nitrogens with zero attached hydrogens (tertiary/aromatic N) is 4. The second kappa shape index (κ2) is 4.13. The van der Waals surface area contributed by atoms with E-state index in [9.17, 15) is 4.79 Å². The first kappa shape index (κ1) is 11.3. The zero-order valence-corrected chi connectivity index (χ0v) is 10.2. The van der Waals surface area contributed by atoms with Gasteiger partial charge in [-0.1, -0.05) is 11.6 Å². The molecule has 0 aromatic carbocycles. The Labute approximate surface area is 108 Å². The lowest BCUT2D eigenvalue weighted by Gasteiger charge is -2.20. The minimum absolute atomic E-state index is 0.205. The summed E-state index contributed by atoms with van der Waals surface area (Å²) < 4.78 is 1.81. The summed E-state index contributed by atoms with van der Waals surface area (Å²) in [5.74, 6) is 0.703. The van der Waals surface area contributed by atoms with Crippen LogP contribution in [0.25, 0.3) is 5.52 Å². The van der Waals surface area contributed by atoms with Crippen molar-refractivity contribution in [3.63, 3.8) is 0 Å². The number of likely N-dealkylation sites (tertiary alicyclic amines) is 1. The molecule has 1 unspecified atom stereocenters. The minimum atomic E-state index is -0.908. The lowest BCUT2D eigenvalue weighted by atomic mass is 10.2. The van der Waals surface area contributed by atoms with Crippen LogP contribution in [-0.4, -0.2) is 37.0 Å². The van der Waals surface area contributed by atoms with E-state index >= 15 is 0 Å².